The van der Waals surface area contributed by atoms with Crippen LogP contribution in [0.5, 0.6) is 0 Å². The molecule has 1 N–H and O–H groups in total. The molecule has 2 fully saturated rings. The lowest BCUT2D eigenvalue weighted by molar-refractivity contribution is 0.0932. The number of aryl methyl sites for hydroxylation is 2. The van der Waals surface area contributed by atoms with E-state index in [-0.39, 0.29) is 5.91 Å². The summed E-state index contributed by atoms with van der Waals surface area (Å²) in [5.74, 6) is 1.43. The van der Waals surface area contributed by atoms with Crippen LogP contribution < -0.4 is 15.1 Å². The van der Waals surface area contributed by atoms with Crippen molar-refractivity contribution in [3.05, 3.63) is 46.9 Å². The Kier molecular flexibility index (Phi) is 5.69. The van der Waals surface area contributed by atoms with Crippen molar-refractivity contribution in [2.24, 2.45) is 0 Å². The van der Waals surface area contributed by atoms with Gasteiger partial charge in [0.05, 0.1) is 0 Å². The van der Waals surface area contributed by atoms with Crippen LogP contribution in [0.2, 0.25) is 0 Å². The number of carbonyl (C=O) groups excluding carboxylic acids is 1. The molecule has 6 heteroatoms. The largest absolute Gasteiger partial charge is 0.368 e. The Hall–Kier alpha value is -2.63. The van der Waals surface area contributed by atoms with Crippen molar-refractivity contribution in [3.63, 3.8) is 0 Å². The molecule has 1 aliphatic heterocycles. The maximum Gasteiger partial charge on any atom is 0.270 e. The lowest BCUT2D eigenvalue weighted by Crippen LogP contribution is -2.47. The summed E-state index contributed by atoms with van der Waals surface area (Å²) in [5.41, 5.74) is 4.48. The van der Waals surface area contributed by atoms with Crippen LogP contribution in [-0.2, 0) is 0 Å². The summed E-state index contributed by atoms with van der Waals surface area (Å²) < 4.78 is 0. The molecular weight excluding hydrogens is 362 g/mol. The van der Waals surface area contributed by atoms with Crippen LogP contribution in [0.25, 0.3) is 0 Å². The van der Waals surface area contributed by atoms with Crippen LogP contribution >= 0.6 is 0 Å². The zero-order valence-electron chi connectivity index (χ0n) is 17.7. The minimum absolute atomic E-state index is 0.0716. The lowest BCUT2D eigenvalue weighted by Gasteiger charge is -2.37. The number of nitrogens with one attached hydrogen (secondary N) is 1. The van der Waals surface area contributed by atoms with Crippen molar-refractivity contribution in [2.45, 2.75) is 52.5 Å². The van der Waals surface area contributed by atoms with E-state index in [1.807, 2.05) is 13.0 Å². The van der Waals surface area contributed by atoms with Crippen LogP contribution in [0.3, 0.4) is 0 Å². The topological polar surface area (TPSA) is 61.4 Å². The number of aromatic nitrogens is 2. The van der Waals surface area contributed by atoms with Crippen LogP contribution in [0.15, 0.2) is 24.3 Å². The lowest BCUT2D eigenvalue weighted by atomic mass is 10.1. The minimum Gasteiger partial charge on any atom is -0.368 e. The van der Waals surface area contributed by atoms with E-state index in [0.29, 0.717) is 17.6 Å². The standard InChI is InChI=1S/C23H31N5O/c1-16-7-6-10-21(17(16)2)27-11-13-28(14-12-27)22-15-20(24-18(3)25-22)23(29)26-19-8-4-5-9-19/h6-7,10,15,19H,4-5,8-9,11-14H2,1-3H3,(H,26,29). The second-order valence-corrected chi connectivity index (χ2v) is 8.31. The average Bonchev–Trinajstić information content (AvgIpc) is 3.23. The molecule has 1 aromatic carbocycles. The number of carbonyl (C=O) groups is 1. The monoisotopic (exact) mass is 393 g/mol. The molecule has 2 heterocycles. The van der Waals surface area contributed by atoms with Crippen molar-refractivity contribution in [1.82, 2.24) is 15.3 Å². The predicted octanol–water partition coefficient (Wildman–Crippen LogP) is 3.40. The van der Waals surface area contributed by atoms with Crippen molar-refractivity contribution in [1.29, 1.82) is 0 Å². The second-order valence-electron chi connectivity index (χ2n) is 8.31. The van der Waals surface area contributed by atoms with Crippen molar-refractivity contribution in [2.75, 3.05) is 36.0 Å². The fourth-order valence-corrected chi connectivity index (χ4v) is 4.41. The van der Waals surface area contributed by atoms with E-state index in [9.17, 15) is 4.79 Å². The average molecular weight is 394 g/mol. The van der Waals surface area contributed by atoms with Gasteiger partial charge >= 0.3 is 0 Å². The zero-order valence-corrected chi connectivity index (χ0v) is 17.7. The first-order valence-electron chi connectivity index (χ1n) is 10.7. The molecule has 29 heavy (non-hydrogen) atoms. The highest BCUT2D eigenvalue weighted by molar-refractivity contribution is 5.93. The summed E-state index contributed by atoms with van der Waals surface area (Å²) >= 11 is 0. The Morgan fingerprint density at radius 2 is 1.69 bits per heavy atom. The fraction of sp³-hybridized carbons (Fsp3) is 0.522. The molecule has 1 saturated carbocycles. The molecule has 0 atom stereocenters. The molecule has 2 aromatic rings. The van der Waals surface area contributed by atoms with Crippen molar-refractivity contribution >= 4 is 17.4 Å². The number of hydrogen-bond acceptors (Lipinski definition) is 5. The summed E-state index contributed by atoms with van der Waals surface area (Å²) in [6.45, 7) is 9.87. The SMILES string of the molecule is Cc1nc(C(=O)NC2CCCC2)cc(N2CCN(c3cccc(C)c3C)CC2)n1. The van der Waals surface area contributed by atoms with Gasteiger partial charge in [0.2, 0.25) is 0 Å². The number of amides is 1. The molecule has 0 unspecified atom stereocenters. The Bertz CT molecular complexity index is 883. The summed E-state index contributed by atoms with van der Waals surface area (Å²) in [4.78, 5) is 26.4. The molecule has 0 spiro atoms. The summed E-state index contributed by atoms with van der Waals surface area (Å²) in [6, 6.07) is 8.65. The third kappa shape index (κ3) is 4.36. The van der Waals surface area contributed by atoms with Crippen LogP contribution in [-0.4, -0.2) is 48.1 Å². The van der Waals surface area contributed by atoms with Crippen LogP contribution in [0.1, 0.15) is 53.1 Å². The van der Waals surface area contributed by atoms with Gasteiger partial charge in [-0.2, -0.15) is 0 Å². The third-order valence-electron chi connectivity index (χ3n) is 6.27. The Morgan fingerprint density at radius 3 is 2.41 bits per heavy atom. The first-order valence-corrected chi connectivity index (χ1v) is 10.7. The molecule has 154 valence electrons. The second kappa shape index (κ2) is 8.39. The Morgan fingerprint density at radius 1 is 1.00 bits per heavy atom. The van der Waals surface area contributed by atoms with Crippen LogP contribution in [0, 0.1) is 20.8 Å². The molecule has 1 aliphatic carbocycles. The van der Waals surface area contributed by atoms with E-state index in [2.05, 4.69) is 57.1 Å². The van der Waals surface area contributed by atoms with E-state index < -0.39 is 0 Å². The first kappa shape index (κ1) is 19.7. The molecule has 1 saturated heterocycles. The molecule has 1 aromatic heterocycles. The quantitative estimate of drug-likeness (QED) is 0.863. The van der Waals surface area contributed by atoms with Gasteiger partial charge < -0.3 is 15.1 Å². The Balaban J connectivity index is 1.44. The summed E-state index contributed by atoms with van der Waals surface area (Å²) in [7, 11) is 0. The number of anilines is 2. The molecule has 4 rings (SSSR count). The molecular formula is C23H31N5O. The highest BCUT2D eigenvalue weighted by Gasteiger charge is 2.23. The summed E-state index contributed by atoms with van der Waals surface area (Å²) in [6.07, 6.45) is 4.54. The highest BCUT2D eigenvalue weighted by atomic mass is 16.1. The van der Waals surface area contributed by atoms with Crippen LogP contribution in [0.4, 0.5) is 11.5 Å². The number of rotatable bonds is 4. The maximum atomic E-state index is 12.7. The van der Waals surface area contributed by atoms with Gasteiger partial charge in [-0.15, -0.1) is 0 Å². The molecule has 0 radical (unpaired) electrons. The fourth-order valence-electron chi connectivity index (χ4n) is 4.41. The van der Waals surface area contributed by atoms with Gasteiger partial charge in [-0.05, 0) is 50.8 Å². The van der Waals surface area contributed by atoms with Crippen molar-refractivity contribution in [3.8, 4) is 0 Å². The smallest absolute Gasteiger partial charge is 0.270 e. The molecule has 0 bridgehead atoms. The van der Waals surface area contributed by atoms with E-state index >= 15 is 0 Å². The molecule has 1 amide bonds. The van der Waals surface area contributed by atoms with E-state index in [0.717, 1.165) is 44.8 Å². The van der Waals surface area contributed by atoms with Gasteiger partial charge in [-0.1, -0.05) is 25.0 Å². The summed E-state index contributed by atoms with van der Waals surface area (Å²) in [5, 5.41) is 3.14. The van der Waals surface area contributed by atoms with Gasteiger partial charge in [0.15, 0.2) is 0 Å². The first-order chi connectivity index (χ1) is 14.0. The molecule has 2 aliphatic rings. The van der Waals surface area contributed by atoms with E-state index in [1.54, 1.807) is 0 Å². The number of piperazine rings is 1. The molecule has 6 nitrogen and oxygen atoms in total. The number of benzene rings is 1. The van der Waals surface area contributed by atoms with Crippen molar-refractivity contribution < 1.29 is 4.79 Å². The zero-order chi connectivity index (χ0) is 20.4. The number of hydrogen-bond donors (Lipinski definition) is 1. The predicted molar refractivity (Wildman–Crippen MR) is 117 cm³/mol. The van der Waals surface area contributed by atoms with Gasteiger partial charge in [0.1, 0.15) is 17.3 Å². The van der Waals surface area contributed by atoms with E-state index in [1.165, 1.54) is 29.7 Å². The van der Waals surface area contributed by atoms with E-state index in [4.69, 9.17) is 0 Å². The van der Waals surface area contributed by atoms with Gasteiger partial charge in [0.25, 0.3) is 5.91 Å². The Labute approximate surface area is 173 Å². The van der Waals surface area contributed by atoms with Gasteiger partial charge in [0, 0.05) is 44.0 Å². The minimum atomic E-state index is -0.0716. The normalized spacial score (nSPS) is 17.6. The third-order valence-corrected chi connectivity index (χ3v) is 6.27. The maximum absolute atomic E-state index is 12.7. The number of nitrogens with zero attached hydrogens (tertiary/aromatic N) is 4. The van der Waals surface area contributed by atoms with Gasteiger partial charge in [-0.3, -0.25) is 4.79 Å². The van der Waals surface area contributed by atoms with Gasteiger partial charge in [-0.25, -0.2) is 9.97 Å². The highest BCUT2D eigenvalue weighted by Crippen LogP contribution is 2.25.